The maximum absolute atomic E-state index is 12.0. The third-order valence-corrected chi connectivity index (χ3v) is 4.48. The van der Waals surface area contributed by atoms with Crippen LogP contribution in [-0.2, 0) is 23.3 Å². The second-order valence-electron chi connectivity index (χ2n) is 4.77. The molecule has 0 N–H and O–H groups in total. The number of carbonyl (C=O) groups is 1. The largest absolute Gasteiger partial charge is 0.503 e. The number of rotatable bonds is 6. The van der Waals surface area contributed by atoms with E-state index >= 15 is 0 Å². The van der Waals surface area contributed by atoms with Gasteiger partial charge in [-0.1, -0.05) is 24.3 Å². The number of carbonyl (C=O) groups excluding carboxylic acids is 1. The van der Waals surface area contributed by atoms with Crippen molar-refractivity contribution in [2.75, 3.05) is 14.2 Å². The summed E-state index contributed by atoms with van der Waals surface area (Å²) >= 11 is 0. The molecule has 2 rings (SSSR count). The molecular formula is C17H15ClO6S. The maximum atomic E-state index is 12.0. The standard InChI is InChI=1S/C17H15ClO6S/c1-22-11-15(17(19)23-2)14-8-3-4-9-16(14)24-12-6-5-7-13(10-12)25(18,20)21/h3-11H,1-2H3. The molecule has 132 valence electrons. The van der Waals surface area contributed by atoms with E-state index < -0.39 is 15.0 Å². The van der Waals surface area contributed by atoms with Crippen LogP contribution < -0.4 is 4.74 Å². The molecule has 2 aromatic rings. The summed E-state index contributed by atoms with van der Waals surface area (Å²) in [7, 11) is 4.12. The quantitative estimate of drug-likeness (QED) is 0.329. The van der Waals surface area contributed by atoms with E-state index in [1.807, 2.05) is 0 Å². The summed E-state index contributed by atoms with van der Waals surface area (Å²) in [6, 6.07) is 12.4. The highest BCUT2D eigenvalue weighted by Gasteiger charge is 2.18. The van der Waals surface area contributed by atoms with Gasteiger partial charge in [0.2, 0.25) is 0 Å². The van der Waals surface area contributed by atoms with E-state index in [4.69, 9.17) is 24.9 Å². The second-order valence-corrected chi connectivity index (χ2v) is 7.34. The summed E-state index contributed by atoms with van der Waals surface area (Å²) in [5.41, 5.74) is 0.581. The Morgan fingerprint density at radius 2 is 1.80 bits per heavy atom. The van der Waals surface area contributed by atoms with Crippen molar-refractivity contribution >= 4 is 31.3 Å². The summed E-state index contributed by atoms with van der Waals surface area (Å²) in [5.74, 6) is -0.0360. The third kappa shape index (κ3) is 4.74. The van der Waals surface area contributed by atoms with E-state index in [0.717, 1.165) is 0 Å². The Kier molecular flexibility index (Phi) is 6.06. The number of halogens is 1. The van der Waals surface area contributed by atoms with Crippen LogP contribution in [0, 0.1) is 0 Å². The van der Waals surface area contributed by atoms with Crippen LogP contribution in [0.3, 0.4) is 0 Å². The number of hydrogen-bond acceptors (Lipinski definition) is 6. The topological polar surface area (TPSA) is 78.9 Å². The average molecular weight is 383 g/mol. The van der Waals surface area contributed by atoms with Crippen LogP contribution in [0.15, 0.2) is 59.7 Å². The van der Waals surface area contributed by atoms with Gasteiger partial charge < -0.3 is 14.2 Å². The molecule has 0 bridgehead atoms. The summed E-state index contributed by atoms with van der Waals surface area (Å²) < 4.78 is 38.3. The van der Waals surface area contributed by atoms with E-state index in [0.29, 0.717) is 11.3 Å². The van der Waals surface area contributed by atoms with Crippen molar-refractivity contribution in [2.24, 2.45) is 0 Å². The molecule has 0 aliphatic carbocycles. The minimum atomic E-state index is -3.88. The average Bonchev–Trinajstić information content (AvgIpc) is 2.59. The molecule has 25 heavy (non-hydrogen) atoms. The van der Waals surface area contributed by atoms with Crippen molar-refractivity contribution < 1.29 is 27.4 Å². The molecule has 2 aromatic carbocycles. The molecule has 0 radical (unpaired) electrons. The Morgan fingerprint density at radius 3 is 2.44 bits per heavy atom. The molecule has 0 saturated carbocycles. The maximum Gasteiger partial charge on any atom is 0.341 e. The molecule has 6 nitrogen and oxygen atoms in total. The Morgan fingerprint density at radius 1 is 1.08 bits per heavy atom. The van der Waals surface area contributed by atoms with Gasteiger partial charge in [-0.25, -0.2) is 13.2 Å². The van der Waals surface area contributed by atoms with Gasteiger partial charge >= 0.3 is 5.97 Å². The van der Waals surface area contributed by atoms with Crippen LogP contribution >= 0.6 is 10.7 Å². The fraction of sp³-hybridized carbons (Fsp3) is 0.118. The number of benzene rings is 2. The van der Waals surface area contributed by atoms with Gasteiger partial charge in [-0.2, -0.15) is 0 Å². The van der Waals surface area contributed by atoms with Crippen LogP contribution in [0.2, 0.25) is 0 Å². The molecule has 0 unspecified atom stereocenters. The molecule has 0 saturated heterocycles. The Balaban J connectivity index is 2.45. The first kappa shape index (κ1) is 18.8. The van der Waals surface area contributed by atoms with Gasteiger partial charge in [0.1, 0.15) is 17.1 Å². The first-order valence-electron chi connectivity index (χ1n) is 7.00. The normalized spacial score (nSPS) is 11.7. The first-order chi connectivity index (χ1) is 11.9. The minimum absolute atomic E-state index is 0.0928. The van der Waals surface area contributed by atoms with E-state index in [1.165, 1.54) is 38.7 Å². The monoisotopic (exact) mass is 382 g/mol. The predicted molar refractivity (Wildman–Crippen MR) is 93.0 cm³/mol. The van der Waals surface area contributed by atoms with Crippen molar-refractivity contribution in [1.82, 2.24) is 0 Å². The van der Waals surface area contributed by atoms with Gasteiger partial charge in [0.25, 0.3) is 9.05 Å². The van der Waals surface area contributed by atoms with Crippen LogP contribution in [0.5, 0.6) is 11.5 Å². The zero-order valence-corrected chi connectivity index (χ0v) is 15.0. The molecule has 0 atom stereocenters. The molecule has 0 aromatic heterocycles. The Hall–Kier alpha value is -2.51. The first-order valence-corrected chi connectivity index (χ1v) is 9.31. The van der Waals surface area contributed by atoms with Gasteiger partial charge in [0.15, 0.2) is 0 Å². The molecule has 8 heteroatoms. The third-order valence-electron chi connectivity index (χ3n) is 3.13. The van der Waals surface area contributed by atoms with Crippen LogP contribution in [0.4, 0.5) is 0 Å². The summed E-state index contributed by atoms with van der Waals surface area (Å²) in [4.78, 5) is 11.9. The number of hydrogen-bond donors (Lipinski definition) is 0. The number of methoxy groups -OCH3 is 2. The Labute approximate surface area is 150 Å². The smallest absolute Gasteiger partial charge is 0.341 e. The zero-order valence-electron chi connectivity index (χ0n) is 13.4. The summed E-state index contributed by atoms with van der Waals surface area (Å²) in [6.45, 7) is 0. The lowest BCUT2D eigenvalue weighted by Gasteiger charge is -2.13. The number of para-hydroxylation sites is 1. The molecule has 0 spiro atoms. The van der Waals surface area contributed by atoms with E-state index in [1.54, 1.807) is 30.3 Å². The lowest BCUT2D eigenvalue weighted by molar-refractivity contribution is -0.133. The number of esters is 1. The van der Waals surface area contributed by atoms with E-state index in [-0.39, 0.29) is 16.2 Å². The highest BCUT2D eigenvalue weighted by atomic mass is 35.7. The van der Waals surface area contributed by atoms with E-state index in [9.17, 15) is 13.2 Å². The summed E-state index contributed by atoms with van der Waals surface area (Å²) in [5, 5.41) is 0. The molecule has 0 aliphatic rings. The van der Waals surface area contributed by atoms with Gasteiger partial charge in [0, 0.05) is 22.3 Å². The molecule has 0 heterocycles. The lowest BCUT2D eigenvalue weighted by atomic mass is 10.1. The SMILES string of the molecule is COC=C(C(=O)OC)c1ccccc1Oc1cccc(S(=O)(=O)Cl)c1. The fourth-order valence-corrected chi connectivity index (χ4v) is 2.83. The van der Waals surface area contributed by atoms with Crippen LogP contribution in [0.25, 0.3) is 5.57 Å². The predicted octanol–water partition coefficient (Wildman–Crippen LogP) is 3.57. The van der Waals surface area contributed by atoms with Gasteiger partial charge in [-0.15, -0.1) is 0 Å². The molecule has 0 aliphatic heterocycles. The molecular weight excluding hydrogens is 368 g/mol. The number of ether oxygens (including phenoxy) is 3. The van der Waals surface area contributed by atoms with Crippen molar-refractivity contribution in [1.29, 1.82) is 0 Å². The van der Waals surface area contributed by atoms with Gasteiger partial charge in [0.05, 0.1) is 25.4 Å². The summed E-state index contributed by atoms with van der Waals surface area (Å²) in [6.07, 6.45) is 1.24. The van der Waals surface area contributed by atoms with Crippen molar-refractivity contribution in [2.45, 2.75) is 4.90 Å². The van der Waals surface area contributed by atoms with Crippen molar-refractivity contribution in [3.63, 3.8) is 0 Å². The van der Waals surface area contributed by atoms with Crippen LogP contribution in [-0.4, -0.2) is 28.6 Å². The molecule has 0 amide bonds. The minimum Gasteiger partial charge on any atom is -0.503 e. The molecule has 0 fully saturated rings. The zero-order chi connectivity index (χ0) is 18.4. The Bertz CT molecular complexity index is 905. The van der Waals surface area contributed by atoms with Crippen molar-refractivity contribution in [3.05, 3.63) is 60.4 Å². The lowest BCUT2D eigenvalue weighted by Crippen LogP contribution is -2.05. The highest BCUT2D eigenvalue weighted by Crippen LogP contribution is 2.32. The highest BCUT2D eigenvalue weighted by molar-refractivity contribution is 8.13. The fourth-order valence-electron chi connectivity index (χ4n) is 2.04. The van der Waals surface area contributed by atoms with Gasteiger partial charge in [-0.3, -0.25) is 0 Å². The van der Waals surface area contributed by atoms with Gasteiger partial charge in [-0.05, 0) is 18.2 Å². The van der Waals surface area contributed by atoms with Crippen LogP contribution in [0.1, 0.15) is 5.56 Å². The van der Waals surface area contributed by atoms with E-state index in [2.05, 4.69) is 0 Å². The van der Waals surface area contributed by atoms with Crippen molar-refractivity contribution in [3.8, 4) is 11.5 Å². The second kappa shape index (κ2) is 8.04.